The first-order valence-electron chi connectivity index (χ1n) is 7.60. The van der Waals surface area contributed by atoms with Crippen molar-refractivity contribution in [2.24, 2.45) is 5.73 Å². The Labute approximate surface area is 117 Å². The summed E-state index contributed by atoms with van der Waals surface area (Å²) >= 11 is 0. The van der Waals surface area contributed by atoms with E-state index in [9.17, 15) is 0 Å². The maximum atomic E-state index is 5.83. The fraction of sp³-hybridized carbons (Fsp3) is 0.625. The van der Waals surface area contributed by atoms with Crippen molar-refractivity contribution in [1.82, 2.24) is 4.90 Å². The molecule has 0 spiro atoms. The Morgan fingerprint density at radius 1 is 1.05 bits per heavy atom. The molecule has 0 saturated carbocycles. The molecule has 1 aliphatic rings. The van der Waals surface area contributed by atoms with E-state index in [1.807, 2.05) is 0 Å². The summed E-state index contributed by atoms with van der Waals surface area (Å²) in [4.78, 5) is 5.08. The molecule has 0 radical (unpaired) electrons. The third kappa shape index (κ3) is 3.95. The molecular weight excluding hydrogens is 234 g/mol. The van der Waals surface area contributed by atoms with Gasteiger partial charge in [0.05, 0.1) is 0 Å². The van der Waals surface area contributed by atoms with Gasteiger partial charge in [-0.25, -0.2) is 0 Å². The van der Waals surface area contributed by atoms with Gasteiger partial charge >= 0.3 is 0 Å². The molecule has 106 valence electrons. The number of hydrogen-bond acceptors (Lipinski definition) is 3. The van der Waals surface area contributed by atoms with Crippen LogP contribution in [-0.4, -0.2) is 37.6 Å². The molecular formula is C16H27N3. The van der Waals surface area contributed by atoms with E-state index < -0.39 is 0 Å². The highest BCUT2D eigenvalue weighted by molar-refractivity contribution is 5.53. The standard InChI is InChI=1S/C16H27N3/c1-2-3-6-9-18-10-12-19(13-11-18)16-8-5-4-7-15(16)14-17/h4-5,7-8H,2-3,6,9-14,17H2,1H3. The quantitative estimate of drug-likeness (QED) is 0.798. The first-order valence-corrected chi connectivity index (χ1v) is 7.60. The van der Waals surface area contributed by atoms with Crippen LogP contribution in [0.25, 0.3) is 0 Å². The van der Waals surface area contributed by atoms with Crippen molar-refractivity contribution in [2.75, 3.05) is 37.6 Å². The lowest BCUT2D eigenvalue weighted by Gasteiger charge is -2.37. The van der Waals surface area contributed by atoms with Crippen molar-refractivity contribution < 1.29 is 0 Å². The molecule has 0 aliphatic carbocycles. The van der Waals surface area contributed by atoms with Gasteiger partial charge < -0.3 is 10.6 Å². The first kappa shape index (κ1) is 14.4. The number of para-hydroxylation sites is 1. The summed E-state index contributed by atoms with van der Waals surface area (Å²) in [6.07, 6.45) is 4.01. The average Bonchev–Trinajstić information content (AvgIpc) is 2.48. The van der Waals surface area contributed by atoms with Gasteiger partial charge in [0.15, 0.2) is 0 Å². The third-order valence-corrected chi connectivity index (χ3v) is 4.00. The van der Waals surface area contributed by atoms with Crippen LogP contribution >= 0.6 is 0 Å². The molecule has 1 aliphatic heterocycles. The fourth-order valence-corrected chi connectivity index (χ4v) is 2.79. The molecule has 2 N–H and O–H groups in total. The van der Waals surface area contributed by atoms with E-state index in [0.29, 0.717) is 6.54 Å². The number of anilines is 1. The van der Waals surface area contributed by atoms with Crippen LogP contribution in [0, 0.1) is 0 Å². The highest BCUT2D eigenvalue weighted by atomic mass is 15.3. The van der Waals surface area contributed by atoms with Crippen molar-refractivity contribution >= 4 is 5.69 Å². The van der Waals surface area contributed by atoms with Crippen LogP contribution in [0.5, 0.6) is 0 Å². The van der Waals surface area contributed by atoms with Gasteiger partial charge in [0, 0.05) is 38.4 Å². The number of nitrogens with two attached hydrogens (primary N) is 1. The Morgan fingerprint density at radius 2 is 1.79 bits per heavy atom. The highest BCUT2D eigenvalue weighted by Gasteiger charge is 2.18. The predicted octanol–water partition coefficient (Wildman–Crippen LogP) is 2.46. The molecule has 0 amide bonds. The SMILES string of the molecule is CCCCCN1CCN(c2ccccc2CN)CC1. The van der Waals surface area contributed by atoms with Gasteiger partial charge in [-0.15, -0.1) is 0 Å². The Kier molecular flexibility index (Phi) is 5.67. The zero-order chi connectivity index (χ0) is 13.5. The maximum Gasteiger partial charge on any atom is 0.0412 e. The first-order chi connectivity index (χ1) is 9.35. The number of rotatable bonds is 6. The number of unbranched alkanes of at least 4 members (excludes halogenated alkanes) is 2. The van der Waals surface area contributed by atoms with E-state index in [0.717, 1.165) is 13.1 Å². The van der Waals surface area contributed by atoms with Crippen molar-refractivity contribution in [3.63, 3.8) is 0 Å². The van der Waals surface area contributed by atoms with E-state index in [2.05, 4.69) is 41.0 Å². The molecule has 19 heavy (non-hydrogen) atoms. The minimum atomic E-state index is 0.632. The fourth-order valence-electron chi connectivity index (χ4n) is 2.79. The summed E-state index contributed by atoms with van der Waals surface area (Å²) in [5.74, 6) is 0. The maximum absolute atomic E-state index is 5.83. The van der Waals surface area contributed by atoms with Crippen LogP contribution in [0.3, 0.4) is 0 Å². The summed E-state index contributed by atoms with van der Waals surface area (Å²) < 4.78 is 0. The molecule has 0 bridgehead atoms. The summed E-state index contributed by atoms with van der Waals surface area (Å²) in [7, 11) is 0. The summed E-state index contributed by atoms with van der Waals surface area (Å²) in [5, 5.41) is 0. The molecule has 0 unspecified atom stereocenters. The zero-order valence-electron chi connectivity index (χ0n) is 12.1. The van der Waals surface area contributed by atoms with Gasteiger partial charge in [-0.1, -0.05) is 38.0 Å². The van der Waals surface area contributed by atoms with Crippen LogP contribution in [-0.2, 0) is 6.54 Å². The summed E-state index contributed by atoms with van der Waals surface area (Å²) in [5.41, 5.74) is 8.43. The Bertz CT molecular complexity index is 370. The summed E-state index contributed by atoms with van der Waals surface area (Å²) in [6, 6.07) is 8.53. The minimum Gasteiger partial charge on any atom is -0.369 e. The van der Waals surface area contributed by atoms with E-state index in [4.69, 9.17) is 5.73 Å². The number of benzene rings is 1. The van der Waals surface area contributed by atoms with Crippen LogP contribution in [0.4, 0.5) is 5.69 Å². The molecule has 1 heterocycles. The van der Waals surface area contributed by atoms with Crippen molar-refractivity contribution in [1.29, 1.82) is 0 Å². The predicted molar refractivity (Wildman–Crippen MR) is 82.5 cm³/mol. The van der Waals surface area contributed by atoms with E-state index >= 15 is 0 Å². The van der Waals surface area contributed by atoms with Crippen molar-refractivity contribution in [3.8, 4) is 0 Å². The molecule has 2 rings (SSSR count). The lowest BCUT2D eigenvalue weighted by Crippen LogP contribution is -2.47. The number of hydrogen-bond donors (Lipinski definition) is 1. The molecule has 1 saturated heterocycles. The molecule has 1 aromatic carbocycles. The monoisotopic (exact) mass is 261 g/mol. The Morgan fingerprint density at radius 3 is 2.47 bits per heavy atom. The highest BCUT2D eigenvalue weighted by Crippen LogP contribution is 2.21. The summed E-state index contributed by atoms with van der Waals surface area (Å²) in [6.45, 7) is 8.78. The van der Waals surface area contributed by atoms with Gasteiger partial charge in [0.1, 0.15) is 0 Å². The minimum absolute atomic E-state index is 0.632. The normalized spacial score (nSPS) is 16.8. The zero-order valence-corrected chi connectivity index (χ0v) is 12.1. The second-order valence-corrected chi connectivity index (χ2v) is 5.37. The van der Waals surface area contributed by atoms with Gasteiger partial charge in [-0.05, 0) is 24.6 Å². The average molecular weight is 261 g/mol. The Balaban J connectivity index is 1.85. The molecule has 3 nitrogen and oxygen atoms in total. The van der Waals surface area contributed by atoms with Gasteiger partial charge in [0.2, 0.25) is 0 Å². The van der Waals surface area contributed by atoms with Gasteiger partial charge in [-0.3, -0.25) is 4.90 Å². The molecule has 0 atom stereocenters. The van der Waals surface area contributed by atoms with Crippen LogP contribution in [0.2, 0.25) is 0 Å². The van der Waals surface area contributed by atoms with Crippen LogP contribution < -0.4 is 10.6 Å². The smallest absolute Gasteiger partial charge is 0.0412 e. The number of piperazine rings is 1. The molecule has 1 aromatic rings. The second kappa shape index (κ2) is 7.51. The molecule has 1 fully saturated rings. The lowest BCUT2D eigenvalue weighted by atomic mass is 10.1. The second-order valence-electron chi connectivity index (χ2n) is 5.37. The van der Waals surface area contributed by atoms with Crippen molar-refractivity contribution in [3.05, 3.63) is 29.8 Å². The topological polar surface area (TPSA) is 32.5 Å². The van der Waals surface area contributed by atoms with Crippen LogP contribution in [0.1, 0.15) is 31.7 Å². The van der Waals surface area contributed by atoms with E-state index in [1.54, 1.807) is 0 Å². The largest absolute Gasteiger partial charge is 0.369 e. The van der Waals surface area contributed by atoms with Gasteiger partial charge in [-0.2, -0.15) is 0 Å². The van der Waals surface area contributed by atoms with Crippen LogP contribution in [0.15, 0.2) is 24.3 Å². The van der Waals surface area contributed by atoms with Crippen molar-refractivity contribution in [2.45, 2.75) is 32.7 Å². The lowest BCUT2D eigenvalue weighted by molar-refractivity contribution is 0.252. The Hall–Kier alpha value is -1.06. The third-order valence-electron chi connectivity index (χ3n) is 4.00. The number of nitrogens with zero attached hydrogens (tertiary/aromatic N) is 2. The van der Waals surface area contributed by atoms with E-state index in [-0.39, 0.29) is 0 Å². The molecule has 3 heteroatoms. The van der Waals surface area contributed by atoms with E-state index in [1.165, 1.54) is 50.1 Å². The molecule has 0 aromatic heterocycles. The van der Waals surface area contributed by atoms with Gasteiger partial charge in [0.25, 0.3) is 0 Å².